The molecule has 0 bridgehead atoms. The van der Waals surface area contributed by atoms with E-state index in [0.717, 1.165) is 18.5 Å². The van der Waals surface area contributed by atoms with Crippen LogP contribution in [0.5, 0.6) is 0 Å². The zero-order valence-electron chi connectivity index (χ0n) is 13.5. The minimum absolute atomic E-state index is 0.0931. The van der Waals surface area contributed by atoms with Crippen molar-refractivity contribution in [2.45, 2.75) is 25.8 Å². The molecule has 2 aromatic carbocycles. The van der Waals surface area contributed by atoms with Crippen molar-refractivity contribution in [3.63, 3.8) is 0 Å². The second-order valence-corrected chi connectivity index (χ2v) is 6.36. The Morgan fingerprint density at radius 1 is 1.12 bits per heavy atom. The van der Waals surface area contributed by atoms with E-state index in [1.807, 2.05) is 24.3 Å². The van der Waals surface area contributed by atoms with Crippen molar-refractivity contribution in [1.82, 2.24) is 5.32 Å². The van der Waals surface area contributed by atoms with Crippen molar-refractivity contribution in [3.05, 3.63) is 64.7 Å². The predicted octanol–water partition coefficient (Wildman–Crippen LogP) is 3.44. The van der Waals surface area contributed by atoms with Crippen molar-refractivity contribution in [2.75, 3.05) is 11.4 Å². The topological polar surface area (TPSA) is 49.4 Å². The van der Waals surface area contributed by atoms with Gasteiger partial charge in [-0.15, -0.1) is 0 Å². The molecule has 0 aliphatic carbocycles. The van der Waals surface area contributed by atoms with Gasteiger partial charge in [0.05, 0.1) is 0 Å². The number of nitrogens with zero attached hydrogens (tertiary/aromatic N) is 1. The lowest BCUT2D eigenvalue weighted by Gasteiger charge is -2.31. The number of rotatable bonds is 3. The van der Waals surface area contributed by atoms with Crippen LogP contribution in [0, 0.1) is 0 Å². The number of carbonyl (C=O) groups excluding carboxylic acids is 2. The minimum atomic E-state index is -0.598. The van der Waals surface area contributed by atoms with Gasteiger partial charge in [0.15, 0.2) is 0 Å². The second kappa shape index (κ2) is 7.05. The summed E-state index contributed by atoms with van der Waals surface area (Å²) in [6, 6.07) is 13.9. The van der Waals surface area contributed by atoms with Gasteiger partial charge in [0, 0.05) is 22.8 Å². The summed E-state index contributed by atoms with van der Waals surface area (Å²) in [5.74, 6) is -0.373. The molecule has 1 aliphatic heterocycles. The van der Waals surface area contributed by atoms with E-state index in [4.69, 9.17) is 11.6 Å². The predicted molar refractivity (Wildman–Crippen MR) is 95.5 cm³/mol. The first kappa shape index (κ1) is 16.5. The number of benzene rings is 2. The lowest BCUT2D eigenvalue weighted by molar-refractivity contribution is -0.120. The number of fused-ring (bicyclic) bond motifs is 1. The third-order valence-corrected chi connectivity index (χ3v) is 4.45. The first-order valence-electron chi connectivity index (χ1n) is 8.02. The molecular weight excluding hydrogens is 324 g/mol. The summed E-state index contributed by atoms with van der Waals surface area (Å²) in [6.45, 7) is 2.39. The quantitative estimate of drug-likeness (QED) is 0.929. The van der Waals surface area contributed by atoms with Gasteiger partial charge in [-0.05, 0) is 55.7 Å². The molecule has 1 atom stereocenters. The maximum Gasteiger partial charge on any atom is 0.251 e. The maximum absolute atomic E-state index is 12.8. The fraction of sp³-hybridized carbons (Fsp3) is 0.263. The molecule has 1 aliphatic rings. The van der Waals surface area contributed by atoms with E-state index in [1.54, 1.807) is 36.1 Å². The Kier molecular flexibility index (Phi) is 4.86. The molecule has 124 valence electrons. The zero-order valence-corrected chi connectivity index (χ0v) is 14.2. The highest BCUT2D eigenvalue weighted by Crippen LogP contribution is 2.27. The number of para-hydroxylation sites is 1. The van der Waals surface area contributed by atoms with E-state index in [1.165, 1.54) is 5.56 Å². The van der Waals surface area contributed by atoms with Gasteiger partial charge < -0.3 is 10.2 Å². The third-order valence-electron chi connectivity index (χ3n) is 4.20. The first-order valence-corrected chi connectivity index (χ1v) is 8.40. The SMILES string of the molecule is CC(NC(=O)c1ccc(Cl)cc1)C(=O)N1CCCc2ccccc21. The molecule has 0 radical (unpaired) electrons. The van der Waals surface area contributed by atoms with Crippen LogP contribution < -0.4 is 10.2 Å². The molecule has 0 aromatic heterocycles. The van der Waals surface area contributed by atoms with Gasteiger partial charge in [-0.2, -0.15) is 0 Å². The molecule has 3 rings (SSSR count). The largest absolute Gasteiger partial charge is 0.341 e. The average molecular weight is 343 g/mol. The molecule has 5 heteroatoms. The lowest BCUT2D eigenvalue weighted by Crippen LogP contribution is -2.48. The maximum atomic E-state index is 12.8. The second-order valence-electron chi connectivity index (χ2n) is 5.92. The monoisotopic (exact) mass is 342 g/mol. The van der Waals surface area contributed by atoms with Crippen molar-refractivity contribution < 1.29 is 9.59 Å². The van der Waals surface area contributed by atoms with Gasteiger partial charge in [0.1, 0.15) is 6.04 Å². The molecule has 1 N–H and O–H groups in total. The molecule has 1 heterocycles. The van der Waals surface area contributed by atoms with Crippen molar-refractivity contribution >= 4 is 29.1 Å². The number of amides is 2. The van der Waals surface area contributed by atoms with E-state index in [0.29, 0.717) is 17.1 Å². The fourth-order valence-corrected chi connectivity index (χ4v) is 3.07. The molecule has 2 aromatic rings. The van der Waals surface area contributed by atoms with E-state index < -0.39 is 6.04 Å². The van der Waals surface area contributed by atoms with Crippen LogP contribution in [0.15, 0.2) is 48.5 Å². The Bertz CT molecular complexity index is 758. The number of aryl methyl sites for hydroxylation is 1. The van der Waals surface area contributed by atoms with E-state index in [2.05, 4.69) is 5.32 Å². The molecule has 0 spiro atoms. The summed E-state index contributed by atoms with van der Waals surface area (Å²) < 4.78 is 0. The van der Waals surface area contributed by atoms with Crippen LogP contribution in [0.4, 0.5) is 5.69 Å². The number of hydrogen-bond acceptors (Lipinski definition) is 2. The summed E-state index contributed by atoms with van der Waals surface area (Å²) >= 11 is 5.83. The van der Waals surface area contributed by atoms with Gasteiger partial charge in [-0.1, -0.05) is 29.8 Å². The first-order chi connectivity index (χ1) is 11.6. The Hall–Kier alpha value is -2.33. The summed E-state index contributed by atoms with van der Waals surface area (Å²) in [5.41, 5.74) is 2.60. The van der Waals surface area contributed by atoms with Crippen LogP contribution in [-0.4, -0.2) is 24.4 Å². The van der Waals surface area contributed by atoms with E-state index in [9.17, 15) is 9.59 Å². The van der Waals surface area contributed by atoms with Gasteiger partial charge in [0.2, 0.25) is 5.91 Å². The van der Waals surface area contributed by atoms with Crippen LogP contribution in [-0.2, 0) is 11.2 Å². The molecule has 1 unspecified atom stereocenters. The lowest BCUT2D eigenvalue weighted by atomic mass is 10.0. The Labute approximate surface area is 146 Å². The summed E-state index contributed by atoms with van der Waals surface area (Å²) in [6.07, 6.45) is 1.91. The van der Waals surface area contributed by atoms with Gasteiger partial charge in [-0.3, -0.25) is 9.59 Å². The van der Waals surface area contributed by atoms with E-state index >= 15 is 0 Å². The van der Waals surface area contributed by atoms with Crippen LogP contribution in [0.3, 0.4) is 0 Å². The third kappa shape index (κ3) is 3.44. The molecule has 24 heavy (non-hydrogen) atoms. The van der Waals surface area contributed by atoms with Crippen molar-refractivity contribution in [1.29, 1.82) is 0 Å². The van der Waals surface area contributed by atoms with Crippen LogP contribution in [0.1, 0.15) is 29.3 Å². The highest BCUT2D eigenvalue weighted by atomic mass is 35.5. The van der Waals surface area contributed by atoms with E-state index in [-0.39, 0.29) is 11.8 Å². The molecule has 0 saturated carbocycles. The number of hydrogen-bond donors (Lipinski definition) is 1. The van der Waals surface area contributed by atoms with Gasteiger partial charge in [0.25, 0.3) is 5.91 Å². The normalized spacial score (nSPS) is 14.7. The van der Waals surface area contributed by atoms with Crippen molar-refractivity contribution in [2.24, 2.45) is 0 Å². The standard InChI is InChI=1S/C19H19ClN2O2/c1-13(21-18(23)15-8-10-16(20)11-9-15)19(24)22-12-4-6-14-5-2-3-7-17(14)22/h2-3,5,7-11,13H,4,6,12H2,1H3,(H,21,23). The van der Waals surface area contributed by atoms with Crippen LogP contribution in [0.25, 0.3) is 0 Å². The Morgan fingerprint density at radius 3 is 2.58 bits per heavy atom. The van der Waals surface area contributed by atoms with Crippen LogP contribution in [0.2, 0.25) is 5.02 Å². The summed E-state index contributed by atoms with van der Waals surface area (Å²) in [7, 11) is 0. The smallest absolute Gasteiger partial charge is 0.251 e. The van der Waals surface area contributed by atoms with Gasteiger partial charge >= 0.3 is 0 Å². The number of anilines is 1. The Balaban J connectivity index is 1.71. The summed E-state index contributed by atoms with van der Waals surface area (Å²) in [4.78, 5) is 26.8. The highest BCUT2D eigenvalue weighted by Gasteiger charge is 2.27. The number of nitrogens with one attached hydrogen (secondary N) is 1. The minimum Gasteiger partial charge on any atom is -0.341 e. The summed E-state index contributed by atoms with van der Waals surface area (Å²) in [5, 5.41) is 3.34. The molecule has 0 fully saturated rings. The molecular formula is C19H19ClN2O2. The van der Waals surface area contributed by atoms with Gasteiger partial charge in [-0.25, -0.2) is 0 Å². The molecule has 0 saturated heterocycles. The molecule has 4 nitrogen and oxygen atoms in total. The van der Waals surface area contributed by atoms with Crippen molar-refractivity contribution in [3.8, 4) is 0 Å². The van der Waals surface area contributed by atoms with Crippen LogP contribution >= 0.6 is 11.6 Å². The average Bonchev–Trinajstić information content (AvgIpc) is 2.61. The number of halogens is 1. The fourth-order valence-electron chi connectivity index (χ4n) is 2.94. The Morgan fingerprint density at radius 2 is 1.83 bits per heavy atom. The zero-order chi connectivity index (χ0) is 17.1. The number of carbonyl (C=O) groups is 2. The highest BCUT2D eigenvalue weighted by molar-refractivity contribution is 6.30. The molecule has 2 amide bonds.